The number of aromatic nitrogens is 3. The van der Waals surface area contributed by atoms with Gasteiger partial charge in [0.1, 0.15) is 5.82 Å². The van der Waals surface area contributed by atoms with Crippen molar-refractivity contribution in [1.82, 2.24) is 20.1 Å². The molecule has 1 unspecified atom stereocenters. The third-order valence-corrected chi connectivity index (χ3v) is 3.15. The van der Waals surface area contributed by atoms with E-state index in [4.69, 9.17) is 4.74 Å². The number of methoxy groups -OCH3 is 1. The van der Waals surface area contributed by atoms with E-state index in [2.05, 4.69) is 15.2 Å². The van der Waals surface area contributed by atoms with E-state index in [1.807, 2.05) is 20.8 Å². The van der Waals surface area contributed by atoms with Gasteiger partial charge in [-0.15, -0.1) is 5.10 Å². The van der Waals surface area contributed by atoms with Gasteiger partial charge in [0, 0.05) is 25.6 Å². The molecular weight excluding hydrogens is 232 g/mol. The molecule has 2 rings (SSSR count). The molecule has 2 heterocycles. The maximum Gasteiger partial charge on any atom is 0.293 e. The van der Waals surface area contributed by atoms with Crippen molar-refractivity contribution < 1.29 is 9.53 Å². The number of nitrogens with zero attached hydrogens (tertiary/aromatic N) is 3. The first kappa shape index (κ1) is 13.0. The highest BCUT2D eigenvalue weighted by Crippen LogP contribution is 2.19. The number of rotatable bonds is 2. The van der Waals surface area contributed by atoms with E-state index in [9.17, 15) is 4.79 Å². The molecule has 1 saturated heterocycles. The highest BCUT2D eigenvalue weighted by molar-refractivity contribution is 5.90. The van der Waals surface area contributed by atoms with Crippen LogP contribution in [-0.4, -0.2) is 52.3 Å². The maximum atomic E-state index is 12.2. The molecule has 0 bridgehead atoms. The first-order chi connectivity index (χ1) is 8.41. The van der Waals surface area contributed by atoms with Gasteiger partial charge in [0.05, 0.1) is 6.10 Å². The summed E-state index contributed by atoms with van der Waals surface area (Å²) in [6.07, 6.45) is 1.01. The fourth-order valence-corrected chi connectivity index (χ4v) is 1.94. The van der Waals surface area contributed by atoms with Crippen LogP contribution >= 0.6 is 0 Å². The molecule has 1 aliphatic heterocycles. The van der Waals surface area contributed by atoms with Gasteiger partial charge in [0.2, 0.25) is 5.82 Å². The monoisotopic (exact) mass is 252 g/mol. The van der Waals surface area contributed by atoms with Gasteiger partial charge < -0.3 is 9.64 Å². The van der Waals surface area contributed by atoms with Crippen molar-refractivity contribution in [3.63, 3.8) is 0 Å². The summed E-state index contributed by atoms with van der Waals surface area (Å²) >= 11 is 0. The number of hydrogen-bond donors (Lipinski definition) is 1. The fraction of sp³-hybridized carbons (Fsp3) is 0.750. The number of carbonyl (C=O) groups excluding carboxylic acids is 1. The third kappa shape index (κ3) is 2.53. The standard InChI is InChI=1S/C12H20N4O2/c1-12(2,3)11-13-9(14-15-11)10(17)16-6-5-8(7-16)18-4/h8H,5-7H2,1-4H3,(H,13,14,15). The second-order valence-electron chi connectivity index (χ2n) is 5.66. The Morgan fingerprint density at radius 2 is 2.22 bits per heavy atom. The van der Waals surface area contributed by atoms with Crippen LogP contribution < -0.4 is 0 Å². The molecule has 0 aromatic carbocycles. The number of ether oxygens (including phenoxy) is 1. The van der Waals surface area contributed by atoms with Crippen LogP contribution in [0.25, 0.3) is 0 Å². The maximum absolute atomic E-state index is 12.2. The lowest BCUT2D eigenvalue weighted by atomic mass is 9.96. The van der Waals surface area contributed by atoms with Gasteiger partial charge in [0.15, 0.2) is 0 Å². The van der Waals surface area contributed by atoms with Crippen LogP contribution in [0, 0.1) is 0 Å². The van der Waals surface area contributed by atoms with E-state index in [0.717, 1.165) is 12.2 Å². The van der Waals surface area contributed by atoms with Crippen molar-refractivity contribution in [3.05, 3.63) is 11.6 Å². The topological polar surface area (TPSA) is 71.1 Å². The zero-order valence-electron chi connectivity index (χ0n) is 11.4. The first-order valence-corrected chi connectivity index (χ1v) is 6.17. The number of carbonyl (C=O) groups is 1. The molecule has 0 spiro atoms. The van der Waals surface area contributed by atoms with Crippen LogP contribution in [0.1, 0.15) is 43.6 Å². The Bertz CT molecular complexity index is 436. The van der Waals surface area contributed by atoms with Crippen LogP contribution in [0.5, 0.6) is 0 Å². The Morgan fingerprint density at radius 3 is 2.72 bits per heavy atom. The van der Waals surface area contributed by atoms with Gasteiger partial charge >= 0.3 is 0 Å². The number of hydrogen-bond acceptors (Lipinski definition) is 4. The summed E-state index contributed by atoms with van der Waals surface area (Å²) in [7, 11) is 1.67. The Balaban J connectivity index is 2.08. The quantitative estimate of drug-likeness (QED) is 0.851. The smallest absolute Gasteiger partial charge is 0.293 e. The number of H-pyrrole nitrogens is 1. The molecular formula is C12H20N4O2. The summed E-state index contributed by atoms with van der Waals surface area (Å²) < 4.78 is 5.24. The zero-order valence-corrected chi connectivity index (χ0v) is 11.4. The molecule has 1 aromatic heterocycles. The van der Waals surface area contributed by atoms with Crippen LogP contribution in [0.15, 0.2) is 0 Å². The largest absolute Gasteiger partial charge is 0.380 e. The van der Waals surface area contributed by atoms with Gasteiger partial charge in [-0.05, 0) is 6.42 Å². The van der Waals surface area contributed by atoms with Crippen LogP contribution in [-0.2, 0) is 10.2 Å². The molecule has 0 saturated carbocycles. The number of aromatic amines is 1. The van der Waals surface area contributed by atoms with E-state index in [0.29, 0.717) is 13.1 Å². The molecule has 1 amide bonds. The first-order valence-electron chi connectivity index (χ1n) is 6.17. The SMILES string of the molecule is COC1CCN(C(=O)c2n[nH]c(C(C)(C)C)n2)C1. The van der Waals surface area contributed by atoms with E-state index >= 15 is 0 Å². The predicted octanol–water partition coefficient (Wildman–Crippen LogP) is 0.963. The molecule has 1 aliphatic rings. The lowest BCUT2D eigenvalue weighted by molar-refractivity contribution is 0.0713. The van der Waals surface area contributed by atoms with E-state index in [-0.39, 0.29) is 23.3 Å². The summed E-state index contributed by atoms with van der Waals surface area (Å²) in [5.74, 6) is 0.853. The highest BCUT2D eigenvalue weighted by Gasteiger charge is 2.30. The molecule has 6 nitrogen and oxygen atoms in total. The Hall–Kier alpha value is -1.43. The third-order valence-electron chi connectivity index (χ3n) is 3.15. The average Bonchev–Trinajstić information content (AvgIpc) is 2.96. The van der Waals surface area contributed by atoms with Crippen molar-refractivity contribution >= 4 is 5.91 Å². The summed E-state index contributed by atoms with van der Waals surface area (Å²) in [5, 5.41) is 6.85. The molecule has 0 aliphatic carbocycles. The lowest BCUT2D eigenvalue weighted by Gasteiger charge is -2.14. The number of amides is 1. The molecule has 1 atom stereocenters. The van der Waals surface area contributed by atoms with Crippen molar-refractivity contribution in [2.75, 3.05) is 20.2 Å². The number of likely N-dealkylation sites (tertiary alicyclic amines) is 1. The van der Waals surface area contributed by atoms with E-state index in [1.54, 1.807) is 12.0 Å². The van der Waals surface area contributed by atoms with Gasteiger partial charge in [-0.3, -0.25) is 9.89 Å². The molecule has 1 aromatic rings. The van der Waals surface area contributed by atoms with Crippen molar-refractivity contribution in [2.24, 2.45) is 0 Å². The molecule has 1 fully saturated rings. The second kappa shape index (κ2) is 4.68. The number of nitrogens with one attached hydrogen (secondary N) is 1. The lowest BCUT2D eigenvalue weighted by Crippen LogP contribution is -2.30. The van der Waals surface area contributed by atoms with E-state index < -0.39 is 0 Å². The van der Waals surface area contributed by atoms with Gasteiger partial charge in [0.25, 0.3) is 5.91 Å². The fourth-order valence-electron chi connectivity index (χ4n) is 1.94. The molecule has 100 valence electrons. The second-order valence-corrected chi connectivity index (χ2v) is 5.66. The minimum Gasteiger partial charge on any atom is -0.380 e. The van der Waals surface area contributed by atoms with Crippen molar-refractivity contribution in [3.8, 4) is 0 Å². The predicted molar refractivity (Wildman–Crippen MR) is 66.4 cm³/mol. The molecule has 0 radical (unpaired) electrons. The van der Waals surface area contributed by atoms with Crippen LogP contribution in [0.4, 0.5) is 0 Å². The minimum atomic E-state index is -0.133. The zero-order chi connectivity index (χ0) is 13.3. The summed E-state index contributed by atoms with van der Waals surface area (Å²) in [6, 6.07) is 0. The van der Waals surface area contributed by atoms with Gasteiger partial charge in [-0.1, -0.05) is 20.8 Å². The van der Waals surface area contributed by atoms with Crippen molar-refractivity contribution in [2.45, 2.75) is 38.7 Å². The Morgan fingerprint density at radius 1 is 1.50 bits per heavy atom. The van der Waals surface area contributed by atoms with Gasteiger partial charge in [-0.25, -0.2) is 4.98 Å². The Labute approximate surface area is 107 Å². The average molecular weight is 252 g/mol. The normalized spacial score (nSPS) is 20.4. The molecule has 18 heavy (non-hydrogen) atoms. The summed E-state index contributed by atoms with van der Waals surface area (Å²) in [5.41, 5.74) is -0.133. The molecule has 6 heteroatoms. The highest BCUT2D eigenvalue weighted by atomic mass is 16.5. The van der Waals surface area contributed by atoms with Crippen molar-refractivity contribution in [1.29, 1.82) is 0 Å². The minimum absolute atomic E-state index is 0.124. The van der Waals surface area contributed by atoms with Crippen LogP contribution in [0.2, 0.25) is 0 Å². The van der Waals surface area contributed by atoms with E-state index in [1.165, 1.54) is 0 Å². The van der Waals surface area contributed by atoms with Crippen LogP contribution in [0.3, 0.4) is 0 Å². The Kier molecular flexibility index (Phi) is 3.38. The molecule has 1 N–H and O–H groups in total. The van der Waals surface area contributed by atoms with Gasteiger partial charge in [-0.2, -0.15) is 0 Å². The summed E-state index contributed by atoms with van der Waals surface area (Å²) in [4.78, 5) is 18.2. The summed E-state index contributed by atoms with van der Waals surface area (Å²) in [6.45, 7) is 7.40.